The molecule has 12 nitrogen and oxygen atoms in total. The molecular weight excluding hydrogens is 1460 g/mol. The smallest absolute Gasteiger partial charge is 0.852 e. The first kappa shape index (κ1) is 104. The van der Waals surface area contributed by atoms with E-state index in [1.807, 2.05) is 0 Å². The number of hydrogen-bond acceptors (Lipinski definition) is 12. The van der Waals surface area contributed by atoms with E-state index in [2.05, 4.69) is 20.0 Å². The molecule has 38 heteroatoms. The van der Waals surface area contributed by atoms with Crippen molar-refractivity contribution in [2.75, 3.05) is 0 Å². The van der Waals surface area contributed by atoms with Gasteiger partial charge in [-0.05, 0) is 102 Å². The second-order valence-electron chi connectivity index (χ2n) is 20.9. The minimum atomic E-state index is -5.95. The monoisotopic (exact) mass is 1520 g/mol. The Morgan fingerprint density at radius 2 is 0.347 bits per heavy atom. The van der Waals surface area contributed by atoms with Gasteiger partial charge in [-0.25, -0.2) is 0 Å². The molecule has 0 spiro atoms. The second kappa shape index (κ2) is 44.4. The third-order valence-electron chi connectivity index (χ3n) is 9.99. The third-order valence-corrected chi connectivity index (χ3v) is 9.99. The van der Waals surface area contributed by atoms with Gasteiger partial charge in [0.1, 0.15) is 0 Å². The van der Waals surface area contributed by atoms with E-state index in [9.17, 15) is 146 Å². The summed E-state index contributed by atoms with van der Waals surface area (Å²) in [5.74, 6) is 0. The molecule has 0 aliphatic heterocycles. The van der Waals surface area contributed by atoms with Crippen LogP contribution in [-0.2, 0) is 43.4 Å². The van der Waals surface area contributed by atoms with Crippen molar-refractivity contribution >= 4 is 45.6 Å². The molecule has 552 valence electrons. The van der Waals surface area contributed by atoms with Crippen LogP contribution in [0.4, 0.5) is 128 Å². The molecule has 98 heavy (non-hydrogen) atoms. The van der Waals surface area contributed by atoms with Crippen LogP contribution < -0.4 is 40.9 Å². The molecule has 0 saturated carbocycles. The zero-order valence-electron chi connectivity index (χ0n) is 53.8. The number of rotatable bonds is 12. The maximum Gasteiger partial charge on any atom is 4.00 e. The van der Waals surface area contributed by atoms with Gasteiger partial charge >= 0.3 is 92.8 Å². The van der Waals surface area contributed by atoms with Crippen molar-refractivity contribution in [3.05, 3.63) is 121 Å². The van der Waals surface area contributed by atoms with Crippen molar-refractivity contribution < 1.29 is 190 Å². The molecule has 0 saturated heterocycles. The van der Waals surface area contributed by atoms with E-state index in [0.717, 1.165) is 27.7 Å². The van der Waals surface area contributed by atoms with Crippen LogP contribution in [-0.4, -0.2) is 119 Å². The molecule has 0 fully saturated rings. The van der Waals surface area contributed by atoms with Gasteiger partial charge in [-0.15, -0.1) is 24.4 Å². The maximum absolute atomic E-state index is 12.4. The molecule has 0 bridgehead atoms. The number of nitrogens with zero attached hydrogens (tertiary/aromatic N) is 4. The number of aliphatic imine (C=N–C) groups is 4. The fraction of sp³-hybridized carbons (Fsp3) is 0.533. The van der Waals surface area contributed by atoms with E-state index in [-0.39, 0.29) is 66.2 Å². The number of hydrogen-bond donors (Lipinski definition) is 0. The average Bonchev–Trinajstić information content (AvgIpc) is 0.802. The standard InChI is InChI=1S/4C12H10F6NO.4C3H7O.2Ti/c4*1-8(19-9-5-3-2-4-6-9)7-10(20,11(13,14)15)12(16,17)18;4*1-3(2)4;;/h4*2-6H,7H2,1H3;4*3H,1-2H3;;/q8*-1;2*+4. The van der Waals surface area contributed by atoms with Gasteiger partial charge in [0.2, 0.25) is 0 Å². The molecule has 0 N–H and O–H groups in total. The van der Waals surface area contributed by atoms with Crippen LogP contribution in [0.2, 0.25) is 0 Å². The van der Waals surface area contributed by atoms with Gasteiger partial charge in [-0.3, -0.25) is 20.0 Å². The SMILES string of the molecule is CC(C)[O-].CC(C)[O-].CC(C)[O-].CC(C)[O-].CC(CC([O-])(C(F)(F)F)C(F)(F)F)=Nc1ccccc1.CC(CC([O-])(C(F)(F)F)C(F)(F)F)=Nc1ccccc1.CC(CC([O-])(C(F)(F)F)C(F)(F)F)=Nc1ccccc1.CC(CC([O-])(C(F)(F)F)C(F)(F)F)=Nc1ccccc1.[Ti+4].[Ti+4]. The van der Waals surface area contributed by atoms with Crippen LogP contribution in [0.3, 0.4) is 0 Å². The summed E-state index contributed by atoms with van der Waals surface area (Å²) in [5.41, 5.74) is -21.7. The predicted octanol–water partition coefficient (Wildman–Crippen LogP) is 12.6. The molecule has 0 radical (unpaired) electrons. The summed E-state index contributed by atoms with van der Waals surface area (Å²) in [6.45, 7) is 16.7. The first-order valence-electron chi connectivity index (χ1n) is 27.2. The molecule has 0 atom stereocenters. The summed E-state index contributed by atoms with van der Waals surface area (Å²) in [6.07, 6.45) is -56.4. The molecule has 0 heterocycles. The van der Waals surface area contributed by atoms with E-state index in [0.29, 0.717) is 0 Å². The summed E-state index contributed by atoms with van der Waals surface area (Å²) < 4.78 is 298. The molecule has 4 rings (SSSR count). The van der Waals surface area contributed by atoms with E-state index in [4.69, 9.17) is 0 Å². The largest absolute Gasteiger partial charge is 4.00 e. The van der Waals surface area contributed by atoms with Gasteiger partial charge in [0.05, 0.1) is 45.2 Å². The molecule has 4 aromatic rings. The number of alkyl halides is 24. The van der Waals surface area contributed by atoms with Crippen molar-refractivity contribution in [1.82, 2.24) is 0 Å². The van der Waals surface area contributed by atoms with Gasteiger partial charge < -0.3 is 40.9 Å². The van der Waals surface area contributed by atoms with Gasteiger partial charge in [0.25, 0.3) is 0 Å². The predicted molar refractivity (Wildman–Crippen MR) is 295 cm³/mol. The first-order valence-corrected chi connectivity index (χ1v) is 27.2. The Labute approximate surface area is 579 Å². The number of para-hydroxylation sites is 4. The van der Waals surface area contributed by atoms with E-state index in [1.165, 1.54) is 97.1 Å². The average molecular weight is 1520 g/mol. The Morgan fingerprint density at radius 1 is 0.255 bits per heavy atom. The van der Waals surface area contributed by atoms with E-state index in [1.54, 1.807) is 79.7 Å². The van der Waals surface area contributed by atoms with Crippen molar-refractivity contribution in [1.29, 1.82) is 0 Å². The zero-order valence-corrected chi connectivity index (χ0v) is 56.9. The van der Waals surface area contributed by atoms with Crippen LogP contribution in [0.5, 0.6) is 0 Å². The minimum Gasteiger partial charge on any atom is -0.852 e. The van der Waals surface area contributed by atoms with Crippen molar-refractivity contribution in [3.63, 3.8) is 0 Å². The van der Waals surface area contributed by atoms with E-state index < -0.39 is 145 Å². The van der Waals surface area contributed by atoms with Crippen molar-refractivity contribution in [2.24, 2.45) is 20.0 Å². The number of halogens is 24. The molecule has 4 aromatic carbocycles. The Balaban J connectivity index is -0.000000265. The van der Waals surface area contributed by atoms with Crippen molar-refractivity contribution in [2.45, 2.75) is 205 Å². The second-order valence-corrected chi connectivity index (χ2v) is 20.9. The van der Waals surface area contributed by atoms with Crippen LogP contribution in [0.25, 0.3) is 0 Å². The van der Waals surface area contributed by atoms with Gasteiger partial charge in [0.15, 0.2) is 0 Å². The topological polar surface area (TPSA) is 234 Å². The van der Waals surface area contributed by atoms with Crippen molar-refractivity contribution in [3.8, 4) is 0 Å². The summed E-state index contributed by atoms with van der Waals surface area (Å²) in [6, 6.07) is 29.8. The first-order chi connectivity index (χ1) is 42.8. The van der Waals surface area contributed by atoms with Gasteiger partial charge in [-0.2, -0.15) is 105 Å². The molecule has 0 unspecified atom stereocenters. The fourth-order valence-corrected chi connectivity index (χ4v) is 5.94. The van der Waals surface area contributed by atoms with Gasteiger partial charge in [0, 0.05) is 22.8 Å². The summed E-state index contributed by atoms with van der Waals surface area (Å²) in [5, 5.41) is 83.0. The number of benzene rings is 4. The summed E-state index contributed by atoms with van der Waals surface area (Å²) >= 11 is 0. The normalized spacial score (nSPS) is 13.3. The van der Waals surface area contributed by atoms with Gasteiger partial charge in [-0.1, -0.05) is 128 Å². The molecule has 0 amide bonds. The van der Waals surface area contributed by atoms with E-state index >= 15 is 0 Å². The zero-order chi connectivity index (χ0) is 76.7. The molecule has 0 aromatic heterocycles. The Bertz CT molecular complexity index is 2430. The third kappa shape index (κ3) is 40.4. The quantitative estimate of drug-likeness (QED) is 0.0750. The summed E-state index contributed by atoms with van der Waals surface area (Å²) in [7, 11) is 0. The minimum absolute atomic E-state index is 0. The summed E-state index contributed by atoms with van der Waals surface area (Å²) in [4.78, 5) is 14.4. The van der Waals surface area contributed by atoms with Crippen LogP contribution in [0, 0.1) is 0 Å². The fourth-order valence-electron chi connectivity index (χ4n) is 5.94. The Kier molecular flexibility index (Phi) is 47.1. The Hall–Kier alpha value is -5.01. The molecular formula is C60H68F24N4O8Ti2. The molecule has 0 aliphatic rings. The van der Waals surface area contributed by atoms with Crippen LogP contribution >= 0.6 is 0 Å². The van der Waals surface area contributed by atoms with Crippen LogP contribution in [0.1, 0.15) is 109 Å². The molecule has 0 aliphatic carbocycles. The maximum atomic E-state index is 12.4. The Morgan fingerprint density at radius 3 is 0.429 bits per heavy atom. The van der Waals surface area contributed by atoms with Crippen LogP contribution in [0.15, 0.2) is 141 Å².